The molecular formula is C9H12OS. The van der Waals surface area contributed by atoms with Crippen LogP contribution in [0.2, 0.25) is 0 Å². The van der Waals surface area contributed by atoms with Gasteiger partial charge in [0.15, 0.2) is 0 Å². The van der Waals surface area contributed by atoms with Crippen molar-refractivity contribution in [1.29, 1.82) is 0 Å². The van der Waals surface area contributed by atoms with E-state index in [2.05, 4.69) is 0 Å². The summed E-state index contributed by atoms with van der Waals surface area (Å²) in [7, 11) is 1.59. The molecule has 60 valence electrons. The number of hydrogen-bond donors (Lipinski definition) is 0. The second-order valence-corrected chi connectivity index (χ2v) is 3.01. The summed E-state index contributed by atoms with van der Waals surface area (Å²) in [6.07, 6.45) is 0. The summed E-state index contributed by atoms with van der Waals surface area (Å²) in [5.41, 5.74) is -1.27. The molecule has 0 atom stereocenters. The maximum Gasteiger partial charge on any atom is 0.132 e. The van der Waals surface area contributed by atoms with Gasteiger partial charge < -0.3 is 4.74 Å². The molecule has 0 N–H and O–H groups in total. The van der Waals surface area contributed by atoms with Crippen molar-refractivity contribution in [2.45, 2.75) is 11.8 Å². The van der Waals surface area contributed by atoms with Gasteiger partial charge in [-0.15, -0.1) is 11.8 Å². The molecule has 1 nitrogen and oxygen atoms in total. The number of ether oxygens (including phenoxy) is 1. The SMILES string of the molecule is [1H][13C]([1H])(C)Sc1ccccc1OC. The van der Waals surface area contributed by atoms with E-state index in [1.165, 1.54) is 6.92 Å². The van der Waals surface area contributed by atoms with Gasteiger partial charge in [-0.1, -0.05) is 19.1 Å². The van der Waals surface area contributed by atoms with E-state index in [0.29, 0.717) is 0 Å². The average molecular weight is 169 g/mol. The van der Waals surface area contributed by atoms with Gasteiger partial charge in [-0.2, -0.15) is 0 Å². The smallest absolute Gasteiger partial charge is 0.132 e. The average Bonchev–Trinajstić information content (AvgIpc) is 2.02. The van der Waals surface area contributed by atoms with E-state index in [1.807, 2.05) is 24.3 Å². The zero-order valence-electron chi connectivity index (χ0n) is 8.63. The summed E-state index contributed by atoms with van der Waals surface area (Å²) < 4.78 is 19.9. The lowest BCUT2D eigenvalue weighted by molar-refractivity contribution is 0.405. The van der Waals surface area contributed by atoms with Crippen LogP contribution in [0.15, 0.2) is 29.2 Å². The number of thioether (sulfide) groups is 1. The zero-order valence-corrected chi connectivity index (χ0v) is 7.44. The summed E-state index contributed by atoms with van der Waals surface area (Å²) in [6.45, 7) is 1.53. The van der Waals surface area contributed by atoms with Crippen LogP contribution in [0.4, 0.5) is 0 Å². The Balaban J connectivity index is 2.87. The fraction of sp³-hybridized carbons (Fsp3) is 0.333. The highest BCUT2D eigenvalue weighted by Crippen LogP contribution is 2.27. The van der Waals surface area contributed by atoms with Gasteiger partial charge >= 0.3 is 0 Å². The van der Waals surface area contributed by atoms with Crippen LogP contribution in [-0.4, -0.2) is 12.8 Å². The molecule has 0 radical (unpaired) electrons. The van der Waals surface area contributed by atoms with Crippen LogP contribution in [-0.2, 0) is 0 Å². The minimum Gasteiger partial charge on any atom is -0.496 e. The molecule has 2 heteroatoms. The molecule has 0 aliphatic heterocycles. The molecule has 0 bridgehead atoms. The third-order valence-corrected chi connectivity index (χ3v) is 2.04. The van der Waals surface area contributed by atoms with Crippen LogP contribution in [0, 0.1) is 0 Å². The first-order valence-corrected chi connectivity index (χ1v) is 4.16. The Morgan fingerprint density at radius 1 is 1.55 bits per heavy atom. The van der Waals surface area contributed by atoms with Gasteiger partial charge in [0.2, 0.25) is 0 Å². The molecular weight excluding hydrogens is 157 g/mol. The molecule has 0 aliphatic carbocycles. The second-order valence-electron chi connectivity index (χ2n) is 1.96. The number of para-hydroxylation sites is 1. The lowest BCUT2D eigenvalue weighted by atomic mass is 10.3. The molecule has 1 aromatic rings. The van der Waals surface area contributed by atoms with Crippen molar-refractivity contribution in [2.75, 3.05) is 12.8 Å². The number of hydrogen-bond acceptors (Lipinski definition) is 2. The Morgan fingerprint density at radius 2 is 2.27 bits per heavy atom. The van der Waals surface area contributed by atoms with E-state index in [4.69, 9.17) is 7.48 Å². The maximum absolute atomic E-state index is 7.42. The molecule has 0 saturated carbocycles. The van der Waals surface area contributed by atoms with Gasteiger partial charge in [0, 0.05) is 7.64 Å². The van der Waals surface area contributed by atoms with Crippen LogP contribution in [0.3, 0.4) is 0 Å². The Kier molecular flexibility index (Phi) is 2.32. The summed E-state index contributed by atoms with van der Waals surface area (Å²) in [6, 6.07) is 7.42. The van der Waals surface area contributed by atoms with Gasteiger partial charge in [0.05, 0.1) is 7.11 Å². The highest BCUT2D eigenvalue weighted by molar-refractivity contribution is 7.99. The molecule has 0 spiro atoms. The molecule has 1 aromatic carbocycles. The predicted molar refractivity (Wildman–Crippen MR) is 49.4 cm³/mol. The van der Waals surface area contributed by atoms with Crippen LogP contribution < -0.4 is 4.74 Å². The highest BCUT2D eigenvalue weighted by Gasteiger charge is 1.98. The Bertz CT molecular complexity index is 283. The van der Waals surface area contributed by atoms with Gasteiger partial charge in [0.1, 0.15) is 5.75 Å². The van der Waals surface area contributed by atoms with Crippen molar-refractivity contribution < 1.29 is 7.48 Å². The van der Waals surface area contributed by atoms with Gasteiger partial charge in [-0.05, 0) is 17.8 Å². The number of methoxy groups -OCH3 is 1. The Hall–Kier alpha value is -0.630. The van der Waals surface area contributed by atoms with Gasteiger partial charge in [-0.3, -0.25) is 0 Å². The standard InChI is InChI=1S/C9H12OS/c1-3-11-9-7-5-4-6-8(9)10-2/h4-7H,3H2,1-2H3/i3+1H2. The number of benzene rings is 1. The summed E-state index contributed by atoms with van der Waals surface area (Å²) >= 11 is 1.16. The first-order valence-electron chi connectivity index (χ1n) is 4.35. The third-order valence-electron chi connectivity index (χ3n) is 1.28. The monoisotopic (exact) mass is 169 g/mol. The van der Waals surface area contributed by atoms with Crippen molar-refractivity contribution in [3.8, 4) is 5.75 Å². The summed E-state index contributed by atoms with van der Waals surface area (Å²) in [5.74, 6) is 0.721. The topological polar surface area (TPSA) is 9.23 Å². The van der Waals surface area contributed by atoms with Crippen LogP contribution >= 0.6 is 11.8 Å². The van der Waals surface area contributed by atoms with Crippen molar-refractivity contribution >= 4 is 11.8 Å². The molecule has 1 rings (SSSR count). The van der Waals surface area contributed by atoms with E-state index >= 15 is 0 Å². The molecule has 11 heavy (non-hydrogen) atoms. The maximum atomic E-state index is 7.42. The summed E-state index contributed by atoms with van der Waals surface area (Å²) in [4.78, 5) is 0.831. The van der Waals surface area contributed by atoms with E-state index in [0.717, 1.165) is 22.4 Å². The first-order chi connectivity index (χ1) is 6.03. The van der Waals surface area contributed by atoms with Crippen LogP contribution in [0.25, 0.3) is 0 Å². The minimum atomic E-state index is -1.27. The predicted octanol–water partition coefficient (Wildman–Crippen LogP) is 2.81. The lowest BCUT2D eigenvalue weighted by Gasteiger charge is -2.04. The fourth-order valence-electron chi connectivity index (χ4n) is 0.813. The molecule has 0 aromatic heterocycles. The Labute approximate surface area is 74.6 Å². The lowest BCUT2D eigenvalue weighted by Crippen LogP contribution is -1.84. The first kappa shape index (κ1) is 5.95. The van der Waals surface area contributed by atoms with Crippen molar-refractivity contribution in [2.24, 2.45) is 0 Å². The number of rotatable bonds is 3. The largest absolute Gasteiger partial charge is 0.496 e. The van der Waals surface area contributed by atoms with E-state index in [1.54, 1.807) is 7.11 Å². The second kappa shape index (κ2) is 4.29. The van der Waals surface area contributed by atoms with E-state index in [9.17, 15) is 0 Å². The quantitative estimate of drug-likeness (QED) is 0.508. The van der Waals surface area contributed by atoms with Crippen molar-refractivity contribution in [3.05, 3.63) is 24.3 Å². The van der Waals surface area contributed by atoms with Gasteiger partial charge in [0.25, 0.3) is 0 Å². The minimum absolute atomic E-state index is 0.721. The van der Waals surface area contributed by atoms with E-state index in [-0.39, 0.29) is 0 Å². The molecule has 0 fully saturated rings. The summed E-state index contributed by atoms with van der Waals surface area (Å²) in [5, 5.41) is 0. The zero-order chi connectivity index (χ0) is 9.90. The fourth-order valence-corrected chi connectivity index (χ4v) is 1.43. The van der Waals surface area contributed by atoms with Crippen LogP contribution in [0.5, 0.6) is 5.75 Å². The molecule has 0 saturated heterocycles. The molecule has 0 aliphatic rings. The van der Waals surface area contributed by atoms with Gasteiger partial charge in [-0.25, -0.2) is 0 Å². The molecule has 0 amide bonds. The molecule has 0 heterocycles. The third kappa shape index (κ3) is 2.15. The van der Waals surface area contributed by atoms with Crippen molar-refractivity contribution in [3.63, 3.8) is 0 Å². The van der Waals surface area contributed by atoms with Crippen molar-refractivity contribution in [1.82, 2.24) is 0 Å². The normalized spacial score (nSPS) is 13.6. The van der Waals surface area contributed by atoms with E-state index < -0.39 is 5.70 Å². The van der Waals surface area contributed by atoms with Crippen LogP contribution in [0.1, 0.15) is 9.67 Å². The molecule has 0 unspecified atom stereocenters. The Morgan fingerprint density at radius 3 is 2.91 bits per heavy atom. The highest BCUT2D eigenvalue weighted by atomic mass is 32.2.